The molecule has 33 heavy (non-hydrogen) atoms. The van der Waals surface area contributed by atoms with Crippen LogP contribution >= 0.6 is 22.7 Å². The Morgan fingerprint density at radius 2 is 1.52 bits per heavy atom. The number of nitrogens with zero attached hydrogens (tertiary/aromatic N) is 2. The molecular weight excluding hydrogens is 444 g/mol. The molecule has 0 aliphatic heterocycles. The highest BCUT2D eigenvalue weighted by molar-refractivity contribution is 7.29. The fourth-order valence-electron chi connectivity index (χ4n) is 4.61. The third-order valence-corrected chi connectivity index (χ3v) is 8.12. The van der Waals surface area contributed by atoms with Gasteiger partial charge in [-0.25, -0.2) is 0 Å². The minimum absolute atomic E-state index is 0.0366. The molecular formula is C28H18N2OS2. The van der Waals surface area contributed by atoms with Gasteiger partial charge in [0.1, 0.15) is 17.7 Å². The van der Waals surface area contributed by atoms with E-state index in [0.29, 0.717) is 22.3 Å². The first-order valence-corrected chi connectivity index (χ1v) is 12.1. The van der Waals surface area contributed by atoms with E-state index in [4.69, 9.17) is 0 Å². The Bertz CT molecular complexity index is 1560. The summed E-state index contributed by atoms with van der Waals surface area (Å²) in [7, 11) is 0. The van der Waals surface area contributed by atoms with Crippen LogP contribution in [0.25, 0.3) is 31.5 Å². The van der Waals surface area contributed by atoms with E-state index < -0.39 is 0 Å². The Morgan fingerprint density at radius 3 is 2.15 bits per heavy atom. The van der Waals surface area contributed by atoms with Crippen LogP contribution in [0.4, 0.5) is 0 Å². The maximum Gasteiger partial charge on any atom is 0.194 e. The van der Waals surface area contributed by atoms with Crippen LogP contribution in [0.2, 0.25) is 0 Å². The van der Waals surface area contributed by atoms with Crippen molar-refractivity contribution in [2.45, 2.75) is 20.8 Å². The van der Waals surface area contributed by atoms with Gasteiger partial charge in [-0.15, -0.1) is 22.7 Å². The van der Waals surface area contributed by atoms with Gasteiger partial charge in [-0.2, -0.15) is 10.5 Å². The van der Waals surface area contributed by atoms with Gasteiger partial charge >= 0.3 is 0 Å². The van der Waals surface area contributed by atoms with Gasteiger partial charge in [-0.1, -0.05) is 42.0 Å². The molecule has 4 aromatic rings. The van der Waals surface area contributed by atoms with Crippen molar-refractivity contribution in [3.63, 3.8) is 0 Å². The second kappa shape index (κ2) is 7.98. The Balaban J connectivity index is 1.61. The normalized spacial score (nSPS) is 13.9. The maximum absolute atomic E-state index is 13.1. The Hall–Kier alpha value is -3.77. The summed E-state index contributed by atoms with van der Waals surface area (Å²) in [5, 5.41) is 19.0. The number of carbonyl (C=O) groups is 1. The maximum atomic E-state index is 13.1. The minimum atomic E-state index is -0.146. The van der Waals surface area contributed by atoms with E-state index in [9.17, 15) is 15.3 Å². The van der Waals surface area contributed by atoms with Crippen LogP contribution in [0.1, 0.15) is 37.5 Å². The van der Waals surface area contributed by atoms with Gasteiger partial charge in [-0.05, 0) is 61.2 Å². The van der Waals surface area contributed by atoms with E-state index in [1.54, 1.807) is 40.9 Å². The lowest BCUT2D eigenvalue weighted by molar-refractivity contribution is 0.104. The van der Waals surface area contributed by atoms with Crippen LogP contribution in [0.15, 0.2) is 59.7 Å². The number of aryl methyl sites for hydroxylation is 3. The SMILES string of the molecule is Cc1cc(C)c(-c2cc3sc(/C=C4\C(=O)c5ccccc5C4=C(C#N)C#N)cc3s2)c(C)c1. The molecule has 5 heteroatoms. The van der Waals surface area contributed by atoms with Crippen molar-refractivity contribution < 1.29 is 4.79 Å². The summed E-state index contributed by atoms with van der Waals surface area (Å²) in [4.78, 5) is 15.3. The number of allylic oxidation sites excluding steroid dienone is 3. The minimum Gasteiger partial charge on any atom is -0.289 e. The number of benzene rings is 2. The molecule has 1 aliphatic rings. The Morgan fingerprint density at radius 1 is 0.879 bits per heavy atom. The molecule has 2 aromatic heterocycles. The van der Waals surface area contributed by atoms with Crippen molar-refractivity contribution in [2.24, 2.45) is 0 Å². The molecule has 158 valence electrons. The Kier molecular flexibility index (Phi) is 5.10. The van der Waals surface area contributed by atoms with E-state index in [2.05, 4.69) is 45.0 Å². The molecule has 0 atom stereocenters. The first kappa shape index (κ1) is 21.1. The van der Waals surface area contributed by atoms with Crippen molar-refractivity contribution in [3.05, 3.63) is 92.4 Å². The zero-order valence-electron chi connectivity index (χ0n) is 18.3. The first-order chi connectivity index (χ1) is 15.9. The number of thiophene rings is 2. The molecule has 0 fully saturated rings. The molecule has 5 rings (SSSR count). The number of carbonyl (C=O) groups excluding carboxylic acids is 1. The average molecular weight is 463 g/mol. The van der Waals surface area contributed by atoms with E-state index in [1.807, 2.05) is 24.3 Å². The lowest BCUT2D eigenvalue weighted by Crippen LogP contribution is -1.95. The molecule has 0 spiro atoms. The standard InChI is InChI=1S/C28H18N2OS2/c1-15-8-16(2)26(17(3)9-15)25-12-24-23(33-25)11-19(32-24)10-22-27(18(13-29)14-30)20-6-4-5-7-21(20)28(22)31/h4-12H,1-3H3/b22-10-. The summed E-state index contributed by atoms with van der Waals surface area (Å²) < 4.78 is 2.33. The van der Waals surface area contributed by atoms with Crippen molar-refractivity contribution >= 4 is 49.5 Å². The summed E-state index contributed by atoms with van der Waals surface area (Å²) in [6, 6.07) is 19.8. The fourth-order valence-corrected chi connectivity index (χ4v) is 7.13. The van der Waals surface area contributed by atoms with Gasteiger partial charge in [0.2, 0.25) is 0 Å². The molecule has 0 saturated heterocycles. The molecule has 0 unspecified atom stereocenters. The topological polar surface area (TPSA) is 64.7 Å². The number of hydrogen-bond acceptors (Lipinski definition) is 5. The molecule has 2 heterocycles. The summed E-state index contributed by atoms with van der Waals surface area (Å²) in [5.41, 5.74) is 7.09. The van der Waals surface area contributed by atoms with Gasteiger partial charge in [0.05, 0.1) is 0 Å². The monoisotopic (exact) mass is 462 g/mol. The van der Waals surface area contributed by atoms with E-state index in [1.165, 1.54) is 27.1 Å². The third kappa shape index (κ3) is 3.43. The largest absolute Gasteiger partial charge is 0.289 e. The molecule has 0 bridgehead atoms. The lowest BCUT2D eigenvalue weighted by atomic mass is 9.99. The third-order valence-electron chi connectivity index (χ3n) is 5.86. The van der Waals surface area contributed by atoms with E-state index in [0.717, 1.165) is 14.3 Å². The molecule has 0 radical (unpaired) electrons. The predicted molar refractivity (Wildman–Crippen MR) is 136 cm³/mol. The average Bonchev–Trinajstić information content (AvgIpc) is 3.41. The van der Waals surface area contributed by atoms with E-state index >= 15 is 0 Å². The van der Waals surface area contributed by atoms with Crippen molar-refractivity contribution in [1.82, 2.24) is 0 Å². The lowest BCUT2D eigenvalue weighted by Gasteiger charge is -2.09. The highest BCUT2D eigenvalue weighted by Crippen LogP contribution is 2.44. The van der Waals surface area contributed by atoms with Gasteiger partial charge in [0, 0.05) is 35.9 Å². The van der Waals surface area contributed by atoms with Gasteiger partial charge in [0.25, 0.3) is 0 Å². The van der Waals surface area contributed by atoms with Gasteiger partial charge in [0.15, 0.2) is 5.78 Å². The molecule has 3 nitrogen and oxygen atoms in total. The quantitative estimate of drug-likeness (QED) is 0.227. The van der Waals surface area contributed by atoms with Crippen molar-refractivity contribution in [3.8, 4) is 22.6 Å². The number of ketones is 1. The highest BCUT2D eigenvalue weighted by atomic mass is 32.1. The van der Waals surface area contributed by atoms with Crippen molar-refractivity contribution in [2.75, 3.05) is 0 Å². The summed E-state index contributed by atoms with van der Waals surface area (Å²) in [5.74, 6) is -0.146. The van der Waals surface area contributed by atoms with Crippen LogP contribution in [-0.4, -0.2) is 5.78 Å². The number of hydrogen-bond donors (Lipinski definition) is 0. The number of rotatable bonds is 2. The zero-order chi connectivity index (χ0) is 23.3. The summed E-state index contributed by atoms with van der Waals surface area (Å²) >= 11 is 3.36. The smallest absolute Gasteiger partial charge is 0.194 e. The second-order valence-electron chi connectivity index (χ2n) is 8.17. The van der Waals surface area contributed by atoms with Crippen LogP contribution < -0.4 is 0 Å². The van der Waals surface area contributed by atoms with Gasteiger partial charge < -0.3 is 0 Å². The molecule has 2 aromatic carbocycles. The van der Waals surface area contributed by atoms with Gasteiger partial charge in [-0.3, -0.25) is 4.79 Å². The Labute approximate surface area is 200 Å². The molecule has 1 aliphatic carbocycles. The van der Waals surface area contributed by atoms with Crippen LogP contribution in [-0.2, 0) is 0 Å². The second-order valence-corrected chi connectivity index (χ2v) is 10.4. The predicted octanol–water partition coefficient (Wildman–Crippen LogP) is 7.64. The van der Waals surface area contributed by atoms with Crippen LogP contribution in [0, 0.1) is 43.4 Å². The summed E-state index contributed by atoms with van der Waals surface area (Å²) in [6.45, 7) is 6.42. The van der Waals surface area contributed by atoms with Crippen molar-refractivity contribution in [1.29, 1.82) is 10.5 Å². The molecule has 0 N–H and O–H groups in total. The number of nitriles is 2. The molecule has 0 saturated carbocycles. The number of Topliss-reactive ketones (excluding diaryl/α,β-unsaturated/α-hetero) is 1. The number of fused-ring (bicyclic) bond motifs is 2. The van der Waals surface area contributed by atoms with Crippen LogP contribution in [0.3, 0.4) is 0 Å². The fraction of sp³-hybridized carbons (Fsp3) is 0.107. The zero-order valence-corrected chi connectivity index (χ0v) is 19.9. The van der Waals surface area contributed by atoms with E-state index in [-0.39, 0.29) is 11.4 Å². The highest BCUT2D eigenvalue weighted by Gasteiger charge is 2.32. The van der Waals surface area contributed by atoms with Crippen LogP contribution in [0.5, 0.6) is 0 Å². The summed E-state index contributed by atoms with van der Waals surface area (Å²) in [6.07, 6.45) is 1.83. The first-order valence-electron chi connectivity index (χ1n) is 10.4. The molecule has 0 amide bonds.